The Morgan fingerprint density at radius 2 is 2.00 bits per heavy atom. The lowest BCUT2D eigenvalue weighted by molar-refractivity contribution is 0.338. The molecule has 1 nitrogen and oxygen atoms in total. The highest BCUT2D eigenvalue weighted by Gasteiger charge is 2.20. The van der Waals surface area contributed by atoms with Crippen LogP contribution in [-0.2, 0) is 11.3 Å². The van der Waals surface area contributed by atoms with Gasteiger partial charge >= 0.3 is 7.48 Å². The Kier molecular flexibility index (Phi) is 1.42. The molecule has 0 N–H and O–H groups in total. The summed E-state index contributed by atoms with van der Waals surface area (Å²) in [5.74, 6) is -0.752. The van der Waals surface area contributed by atoms with E-state index in [9.17, 15) is 8.78 Å². The van der Waals surface area contributed by atoms with Crippen molar-refractivity contribution in [2.24, 2.45) is 0 Å². The second-order valence-corrected chi connectivity index (χ2v) is 2.48. The van der Waals surface area contributed by atoms with Gasteiger partial charge in [0.05, 0.1) is 6.61 Å². The Morgan fingerprint density at radius 3 is 2.73 bits per heavy atom. The molecule has 0 bridgehead atoms. The monoisotopic (exact) mass is 154 g/mol. The van der Waals surface area contributed by atoms with E-state index in [1.807, 2.05) is 0 Å². The summed E-state index contributed by atoms with van der Waals surface area (Å²) in [7, 11) is 0.193. The zero-order chi connectivity index (χ0) is 7.84. The summed E-state index contributed by atoms with van der Waals surface area (Å²) in [4.78, 5) is 0. The summed E-state index contributed by atoms with van der Waals surface area (Å²) in [6, 6.07) is 2.26. The van der Waals surface area contributed by atoms with Gasteiger partial charge in [0.15, 0.2) is 0 Å². The number of fused-ring (bicyclic) bond motifs is 1. The van der Waals surface area contributed by atoms with Gasteiger partial charge in [0.1, 0.15) is 11.6 Å². The van der Waals surface area contributed by atoms with Crippen LogP contribution in [0.15, 0.2) is 12.1 Å². The highest BCUT2D eigenvalue weighted by molar-refractivity contribution is 6.49. The van der Waals surface area contributed by atoms with Gasteiger partial charge in [0.2, 0.25) is 0 Å². The van der Waals surface area contributed by atoms with Crippen LogP contribution in [0.25, 0.3) is 0 Å². The summed E-state index contributed by atoms with van der Waals surface area (Å²) in [5, 5.41) is 0. The minimum absolute atomic E-state index is 0.193. The molecular weight excluding hydrogens is 149 g/mol. The van der Waals surface area contributed by atoms with E-state index >= 15 is 0 Å². The lowest BCUT2D eigenvalue weighted by Crippen LogP contribution is -2.17. The molecule has 0 fully saturated rings. The highest BCUT2D eigenvalue weighted by Crippen LogP contribution is 2.12. The first-order valence-electron chi connectivity index (χ1n) is 3.32. The van der Waals surface area contributed by atoms with Crippen molar-refractivity contribution in [1.82, 2.24) is 0 Å². The second kappa shape index (κ2) is 2.31. The molecule has 0 atom stereocenters. The molecule has 4 heteroatoms. The largest absolute Gasteiger partial charge is 0.430 e. The van der Waals surface area contributed by atoms with E-state index in [2.05, 4.69) is 0 Å². The van der Waals surface area contributed by atoms with Crippen LogP contribution in [0.1, 0.15) is 5.56 Å². The van der Waals surface area contributed by atoms with Crippen molar-refractivity contribution in [1.29, 1.82) is 0 Å². The smallest absolute Gasteiger partial charge is 0.312 e. The van der Waals surface area contributed by atoms with Gasteiger partial charge in [0, 0.05) is 5.56 Å². The average Bonchev–Trinajstić information content (AvgIpc) is 2.45. The fourth-order valence-corrected chi connectivity index (χ4v) is 1.20. The third kappa shape index (κ3) is 0.941. The molecule has 1 aromatic carbocycles. The van der Waals surface area contributed by atoms with E-state index in [-0.39, 0.29) is 25.7 Å². The Hall–Kier alpha value is -0.895. The van der Waals surface area contributed by atoms with Gasteiger partial charge in [-0.2, -0.15) is 0 Å². The predicted molar refractivity (Wildman–Crippen MR) is 37.9 cm³/mol. The first kappa shape index (κ1) is 6.79. The first-order valence-corrected chi connectivity index (χ1v) is 3.32. The van der Waals surface area contributed by atoms with Gasteiger partial charge in [-0.05, 0) is 17.6 Å². The Balaban J connectivity index is 2.64. The van der Waals surface area contributed by atoms with Crippen molar-refractivity contribution in [2.75, 3.05) is 0 Å². The molecule has 56 valence electrons. The number of hydrogen-bond donors (Lipinski definition) is 0. The van der Waals surface area contributed by atoms with Crippen LogP contribution < -0.4 is 5.46 Å². The van der Waals surface area contributed by atoms with E-state index in [0.29, 0.717) is 11.0 Å². The van der Waals surface area contributed by atoms with Crippen LogP contribution in [-0.4, -0.2) is 7.48 Å². The van der Waals surface area contributed by atoms with Crippen LogP contribution in [0, 0.1) is 11.6 Å². The van der Waals surface area contributed by atoms with E-state index in [4.69, 9.17) is 4.65 Å². The minimum atomic E-state index is -0.376. The molecule has 1 aliphatic heterocycles. The molecule has 11 heavy (non-hydrogen) atoms. The highest BCUT2D eigenvalue weighted by atomic mass is 19.1. The minimum Gasteiger partial charge on any atom is -0.430 e. The maximum atomic E-state index is 12.8. The molecule has 2 rings (SSSR count). The SMILES string of the molecule is Fc1ccc(F)c2c1BOC2. The summed E-state index contributed by atoms with van der Waals surface area (Å²) in [6.07, 6.45) is 0. The molecule has 0 radical (unpaired) electrons. The maximum absolute atomic E-state index is 12.8. The Morgan fingerprint density at radius 1 is 1.27 bits per heavy atom. The fourth-order valence-electron chi connectivity index (χ4n) is 1.20. The van der Waals surface area contributed by atoms with Crippen LogP contribution in [0.4, 0.5) is 8.78 Å². The molecule has 1 heterocycles. The van der Waals surface area contributed by atoms with Crippen molar-refractivity contribution in [2.45, 2.75) is 6.61 Å². The molecule has 0 aliphatic carbocycles. The molecule has 0 saturated heterocycles. The topological polar surface area (TPSA) is 9.23 Å². The molecule has 1 aromatic rings. The quantitative estimate of drug-likeness (QED) is 0.493. The van der Waals surface area contributed by atoms with Crippen molar-refractivity contribution in [3.63, 3.8) is 0 Å². The van der Waals surface area contributed by atoms with E-state index in [1.165, 1.54) is 0 Å². The Bertz CT molecular complexity index is 272. The van der Waals surface area contributed by atoms with Crippen LogP contribution in [0.2, 0.25) is 0 Å². The predicted octanol–water partition coefficient (Wildman–Crippen LogP) is 0.472. The lowest BCUT2D eigenvalue weighted by atomic mass is 9.87. The molecule has 0 spiro atoms. The summed E-state index contributed by atoms with van der Waals surface area (Å²) in [6.45, 7) is 0.193. The number of halogens is 2. The molecule has 0 amide bonds. The van der Waals surface area contributed by atoms with Gasteiger partial charge in [-0.3, -0.25) is 0 Å². The second-order valence-electron chi connectivity index (χ2n) is 2.48. The van der Waals surface area contributed by atoms with Gasteiger partial charge < -0.3 is 4.65 Å². The van der Waals surface area contributed by atoms with Crippen molar-refractivity contribution < 1.29 is 13.4 Å². The van der Waals surface area contributed by atoms with Crippen molar-refractivity contribution in [3.8, 4) is 0 Å². The van der Waals surface area contributed by atoms with Crippen LogP contribution >= 0.6 is 0 Å². The Labute approximate surface area is 63.3 Å². The molecular formula is C7H5BF2O. The summed E-state index contributed by atoms with van der Waals surface area (Å²) < 4.78 is 30.5. The maximum Gasteiger partial charge on any atom is 0.312 e. The standard InChI is InChI=1S/C7H5BF2O/c9-5-1-2-6(10)7-4(5)3-11-8-7/h1-2,8H,3H2. The fraction of sp³-hybridized carbons (Fsp3) is 0.143. The number of benzene rings is 1. The molecule has 0 unspecified atom stereocenters. The van der Waals surface area contributed by atoms with Crippen molar-refractivity contribution in [3.05, 3.63) is 29.3 Å². The summed E-state index contributed by atoms with van der Waals surface area (Å²) in [5.41, 5.74) is 0.731. The van der Waals surface area contributed by atoms with Crippen molar-refractivity contribution >= 4 is 12.9 Å². The zero-order valence-electron chi connectivity index (χ0n) is 5.73. The van der Waals surface area contributed by atoms with Crippen LogP contribution in [0.5, 0.6) is 0 Å². The number of hydrogen-bond acceptors (Lipinski definition) is 1. The van der Waals surface area contributed by atoms with Crippen LogP contribution in [0.3, 0.4) is 0 Å². The average molecular weight is 154 g/mol. The van der Waals surface area contributed by atoms with Gasteiger partial charge in [-0.25, -0.2) is 8.78 Å². The first-order chi connectivity index (χ1) is 5.29. The lowest BCUT2D eigenvalue weighted by Gasteiger charge is -1.98. The van der Waals surface area contributed by atoms with E-state index in [1.54, 1.807) is 0 Å². The number of rotatable bonds is 0. The molecule has 1 aliphatic rings. The van der Waals surface area contributed by atoms with E-state index < -0.39 is 0 Å². The molecule has 0 aromatic heterocycles. The molecule has 0 saturated carbocycles. The normalized spacial score (nSPS) is 14.4. The van der Waals surface area contributed by atoms with Gasteiger partial charge in [0.25, 0.3) is 0 Å². The zero-order valence-corrected chi connectivity index (χ0v) is 5.73. The summed E-state index contributed by atoms with van der Waals surface area (Å²) >= 11 is 0. The van der Waals surface area contributed by atoms with Gasteiger partial charge in [-0.1, -0.05) is 0 Å². The third-order valence-corrected chi connectivity index (χ3v) is 1.81. The van der Waals surface area contributed by atoms with E-state index in [0.717, 1.165) is 12.1 Å². The third-order valence-electron chi connectivity index (χ3n) is 1.81. The van der Waals surface area contributed by atoms with Gasteiger partial charge in [-0.15, -0.1) is 0 Å².